The summed E-state index contributed by atoms with van der Waals surface area (Å²) in [4.78, 5) is 4.44. The zero-order valence-corrected chi connectivity index (χ0v) is 10.4. The minimum Gasteiger partial charge on any atom is -0.361 e. The molecule has 0 unspecified atom stereocenters. The largest absolute Gasteiger partial charge is 0.361 e. The normalized spacial score (nSPS) is 10.8. The van der Waals surface area contributed by atoms with Crippen LogP contribution < -0.4 is 5.32 Å². The molecule has 2 aromatic heterocycles. The fraction of sp³-hybridized carbons (Fsp3) is 0.385. The summed E-state index contributed by atoms with van der Waals surface area (Å²) in [7, 11) is 0. The number of pyridine rings is 1. The van der Waals surface area contributed by atoms with Crippen molar-refractivity contribution in [2.75, 3.05) is 0 Å². The van der Waals surface area contributed by atoms with Crippen LogP contribution in [0.5, 0.6) is 0 Å². The average Bonchev–Trinajstić information content (AvgIpc) is 2.61. The van der Waals surface area contributed by atoms with E-state index in [2.05, 4.69) is 15.5 Å². The predicted octanol–water partition coefficient (Wildman–Crippen LogP) is 2.28. The fourth-order valence-electron chi connectivity index (χ4n) is 1.77. The van der Waals surface area contributed by atoms with Gasteiger partial charge in [0.2, 0.25) is 0 Å². The summed E-state index contributed by atoms with van der Waals surface area (Å²) >= 11 is 0. The highest BCUT2D eigenvalue weighted by atomic mass is 16.5. The number of hydrogen-bond acceptors (Lipinski definition) is 4. The lowest BCUT2D eigenvalue weighted by atomic mass is 10.2. The molecule has 0 aliphatic rings. The molecule has 0 bridgehead atoms. The number of hydrogen-bond donors (Lipinski definition) is 1. The Kier molecular flexibility index (Phi) is 3.54. The van der Waals surface area contributed by atoms with Crippen LogP contribution in [-0.2, 0) is 13.1 Å². The van der Waals surface area contributed by atoms with Crippen molar-refractivity contribution in [2.24, 2.45) is 0 Å². The third-order valence-electron chi connectivity index (χ3n) is 2.74. The van der Waals surface area contributed by atoms with E-state index in [1.807, 2.05) is 39.0 Å². The van der Waals surface area contributed by atoms with Gasteiger partial charge in [0, 0.05) is 24.3 Å². The lowest BCUT2D eigenvalue weighted by Gasteiger charge is -2.04. The maximum atomic E-state index is 5.11. The van der Waals surface area contributed by atoms with E-state index < -0.39 is 0 Å². The van der Waals surface area contributed by atoms with E-state index in [9.17, 15) is 0 Å². The van der Waals surface area contributed by atoms with Crippen LogP contribution in [0.2, 0.25) is 0 Å². The molecule has 4 nitrogen and oxygen atoms in total. The van der Waals surface area contributed by atoms with Crippen molar-refractivity contribution in [3.05, 3.63) is 46.6 Å². The first kappa shape index (κ1) is 11.8. The highest BCUT2D eigenvalue weighted by Gasteiger charge is 2.07. The summed E-state index contributed by atoms with van der Waals surface area (Å²) in [5, 5.41) is 7.28. The van der Waals surface area contributed by atoms with Gasteiger partial charge in [0.15, 0.2) is 0 Å². The summed E-state index contributed by atoms with van der Waals surface area (Å²) in [5.41, 5.74) is 4.18. The quantitative estimate of drug-likeness (QED) is 0.877. The third-order valence-corrected chi connectivity index (χ3v) is 2.74. The molecule has 0 aliphatic heterocycles. The Balaban J connectivity index is 1.92. The maximum Gasteiger partial charge on any atom is 0.138 e. The van der Waals surface area contributed by atoms with Crippen LogP contribution in [0.15, 0.2) is 22.7 Å². The maximum absolute atomic E-state index is 5.11. The molecule has 0 amide bonds. The first-order valence-electron chi connectivity index (χ1n) is 5.72. The van der Waals surface area contributed by atoms with Crippen molar-refractivity contribution < 1.29 is 4.52 Å². The molecule has 2 rings (SSSR count). The standard InChI is InChI=1S/C13H17N3O/c1-9-5-4-6-12(15-9)7-14-8-13-10(2)16-17-11(13)3/h4-6,14H,7-8H2,1-3H3. The van der Waals surface area contributed by atoms with Gasteiger partial charge in [-0.3, -0.25) is 4.98 Å². The molecule has 17 heavy (non-hydrogen) atoms. The lowest BCUT2D eigenvalue weighted by Crippen LogP contribution is -2.14. The van der Waals surface area contributed by atoms with Crippen LogP contribution in [0.4, 0.5) is 0 Å². The van der Waals surface area contributed by atoms with E-state index in [4.69, 9.17) is 4.52 Å². The summed E-state index contributed by atoms with van der Waals surface area (Å²) in [6.07, 6.45) is 0. The Morgan fingerprint density at radius 2 is 2.00 bits per heavy atom. The molecule has 4 heteroatoms. The van der Waals surface area contributed by atoms with Crippen molar-refractivity contribution in [2.45, 2.75) is 33.9 Å². The Labute approximate surface area is 101 Å². The van der Waals surface area contributed by atoms with Gasteiger partial charge in [0.1, 0.15) is 5.76 Å². The van der Waals surface area contributed by atoms with Crippen molar-refractivity contribution in [1.29, 1.82) is 0 Å². The molecule has 0 radical (unpaired) electrons. The molecule has 2 aromatic rings. The predicted molar refractivity (Wildman–Crippen MR) is 65.5 cm³/mol. The molecule has 2 heterocycles. The molecule has 0 saturated heterocycles. The zero-order chi connectivity index (χ0) is 12.3. The number of nitrogens with zero attached hydrogens (tertiary/aromatic N) is 2. The Bertz CT molecular complexity index is 486. The molecule has 0 atom stereocenters. The van der Waals surface area contributed by atoms with Gasteiger partial charge in [-0.15, -0.1) is 0 Å². The van der Waals surface area contributed by atoms with Crippen molar-refractivity contribution >= 4 is 0 Å². The van der Waals surface area contributed by atoms with Gasteiger partial charge < -0.3 is 9.84 Å². The van der Waals surface area contributed by atoms with Crippen molar-refractivity contribution in [3.8, 4) is 0 Å². The van der Waals surface area contributed by atoms with Gasteiger partial charge in [-0.1, -0.05) is 11.2 Å². The third kappa shape index (κ3) is 2.91. The highest BCUT2D eigenvalue weighted by molar-refractivity contribution is 5.20. The number of rotatable bonds is 4. The van der Waals surface area contributed by atoms with Crippen LogP contribution in [0.3, 0.4) is 0 Å². The van der Waals surface area contributed by atoms with Gasteiger partial charge in [0.05, 0.1) is 11.4 Å². The summed E-state index contributed by atoms with van der Waals surface area (Å²) < 4.78 is 5.11. The molecule has 0 spiro atoms. The van der Waals surface area contributed by atoms with Crippen LogP contribution in [0, 0.1) is 20.8 Å². The monoisotopic (exact) mass is 231 g/mol. The second-order valence-electron chi connectivity index (χ2n) is 4.18. The molecule has 0 fully saturated rings. The first-order valence-corrected chi connectivity index (χ1v) is 5.72. The highest BCUT2D eigenvalue weighted by Crippen LogP contribution is 2.11. The Morgan fingerprint density at radius 3 is 2.65 bits per heavy atom. The SMILES string of the molecule is Cc1cccc(CNCc2c(C)noc2C)n1. The first-order chi connectivity index (χ1) is 8.16. The van der Waals surface area contributed by atoms with Gasteiger partial charge in [-0.2, -0.15) is 0 Å². The smallest absolute Gasteiger partial charge is 0.138 e. The summed E-state index contributed by atoms with van der Waals surface area (Å²) in [5.74, 6) is 0.882. The van der Waals surface area contributed by atoms with Crippen molar-refractivity contribution in [1.82, 2.24) is 15.5 Å². The minimum absolute atomic E-state index is 0.756. The minimum atomic E-state index is 0.756. The average molecular weight is 231 g/mol. The van der Waals surface area contributed by atoms with E-state index in [-0.39, 0.29) is 0 Å². The van der Waals surface area contributed by atoms with E-state index in [0.29, 0.717) is 0 Å². The Morgan fingerprint density at radius 1 is 1.18 bits per heavy atom. The topological polar surface area (TPSA) is 51.0 Å². The summed E-state index contributed by atoms with van der Waals surface area (Å²) in [6.45, 7) is 7.40. The van der Waals surface area contributed by atoms with Crippen LogP contribution in [0.1, 0.15) is 28.4 Å². The van der Waals surface area contributed by atoms with Gasteiger partial charge in [-0.25, -0.2) is 0 Å². The second-order valence-corrected chi connectivity index (χ2v) is 4.18. The Hall–Kier alpha value is -1.68. The van der Waals surface area contributed by atoms with Crippen LogP contribution in [-0.4, -0.2) is 10.1 Å². The van der Waals surface area contributed by atoms with Crippen LogP contribution >= 0.6 is 0 Å². The second kappa shape index (κ2) is 5.10. The molecular weight excluding hydrogens is 214 g/mol. The van der Waals surface area contributed by atoms with E-state index in [1.54, 1.807) is 0 Å². The molecule has 0 aliphatic carbocycles. The van der Waals surface area contributed by atoms with Crippen molar-refractivity contribution in [3.63, 3.8) is 0 Å². The van der Waals surface area contributed by atoms with Gasteiger partial charge in [0.25, 0.3) is 0 Å². The fourth-order valence-corrected chi connectivity index (χ4v) is 1.77. The number of aryl methyl sites for hydroxylation is 3. The number of aromatic nitrogens is 2. The van der Waals surface area contributed by atoms with Crippen LogP contribution in [0.25, 0.3) is 0 Å². The molecule has 90 valence electrons. The molecule has 0 aromatic carbocycles. The van der Waals surface area contributed by atoms with E-state index in [1.165, 1.54) is 0 Å². The molecule has 1 N–H and O–H groups in total. The number of nitrogens with one attached hydrogen (secondary N) is 1. The summed E-state index contributed by atoms with van der Waals surface area (Å²) in [6, 6.07) is 6.04. The molecular formula is C13H17N3O. The lowest BCUT2D eigenvalue weighted by molar-refractivity contribution is 0.392. The van der Waals surface area contributed by atoms with E-state index in [0.717, 1.165) is 41.5 Å². The molecule has 0 saturated carbocycles. The zero-order valence-electron chi connectivity index (χ0n) is 10.4. The van der Waals surface area contributed by atoms with Gasteiger partial charge >= 0.3 is 0 Å². The van der Waals surface area contributed by atoms with E-state index >= 15 is 0 Å². The van der Waals surface area contributed by atoms with Gasteiger partial charge in [-0.05, 0) is 32.9 Å².